The number of anilines is 3. The summed E-state index contributed by atoms with van der Waals surface area (Å²) in [6.45, 7) is 1.93. The van der Waals surface area contributed by atoms with Crippen LogP contribution >= 0.6 is 23.2 Å². The summed E-state index contributed by atoms with van der Waals surface area (Å²) in [5.74, 6) is -1.54. The number of allylic oxidation sites excluding steroid dienone is 1. The van der Waals surface area contributed by atoms with Gasteiger partial charge in [0.15, 0.2) is 0 Å². The number of hydrogen-bond donors (Lipinski definition) is 4. The minimum absolute atomic E-state index is 0.0603. The van der Waals surface area contributed by atoms with Crippen molar-refractivity contribution in [2.45, 2.75) is 13.5 Å². The van der Waals surface area contributed by atoms with E-state index >= 15 is 0 Å². The van der Waals surface area contributed by atoms with Gasteiger partial charge in [0, 0.05) is 33.9 Å². The summed E-state index contributed by atoms with van der Waals surface area (Å²) in [4.78, 5) is 27.2. The molecule has 1 aliphatic heterocycles. The maximum Gasteiger partial charge on any atom is 0.200 e. The first kappa shape index (κ1) is 26.3. The summed E-state index contributed by atoms with van der Waals surface area (Å²) in [5, 5.41) is 20.2. The molecule has 0 fully saturated rings. The molecule has 0 saturated carbocycles. The molecule has 196 valence electrons. The molecule has 0 atom stereocenters. The number of Topliss-reactive ketones (excluding diaryl/α,β-unsaturated/α-hetero) is 2. The molecule has 5 rings (SSSR count). The van der Waals surface area contributed by atoms with E-state index in [2.05, 4.69) is 16.0 Å². The standard InChI is InChI=1S/C30H22Cl2FN3O3/c1-16-9-18(12-21(33)10-16)29(39)26(28(38)17-5-3-2-4-6-17)30-35-24-8-7-22(14-25(24)36-30)34-15-19-11-20(31)13-23(32)27(19)37/h2-14,34-37H,15H2,1H3. The first-order valence-corrected chi connectivity index (χ1v) is 12.7. The van der Waals surface area contributed by atoms with Gasteiger partial charge in [-0.15, -0.1) is 0 Å². The van der Waals surface area contributed by atoms with E-state index in [4.69, 9.17) is 23.2 Å². The van der Waals surface area contributed by atoms with Crippen LogP contribution < -0.4 is 16.0 Å². The van der Waals surface area contributed by atoms with Crippen molar-refractivity contribution in [3.8, 4) is 5.75 Å². The number of aromatic hydroxyl groups is 1. The topological polar surface area (TPSA) is 90.5 Å². The van der Waals surface area contributed by atoms with Gasteiger partial charge in [-0.2, -0.15) is 0 Å². The van der Waals surface area contributed by atoms with Gasteiger partial charge in [0.05, 0.1) is 16.4 Å². The third kappa shape index (κ3) is 5.60. The molecule has 1 heterocycles. The van der Waals surface area contributed by atoms with Gasteiger partial charge < -0.3 is 21.1 Å². The van der Waals surface area contributed by atoms with Gasteiger partial charge in [0.1, 0.15) is 23.0 Å². The summed E-state index contributed by atoms with van der Waals surface area (Å²) < 4.78 is 14.2. The van der Waals surface area contributed by atoms with Gasteiger partial charge in [0.25, 0.3) is 0 Å². The Kier molecular flexibility index (Phi) is 7.28. The Balaban J connectivity index is 1.47. The minimum Gasteiger partial charge on any atom is -0.506 e. The van der Waals surface area contributed by atoms with Gasteiger partial charge in [-0.3, -0.25) is 9.59 Å². The molecule has 6 nitrogen and oxygen atoms in total. The van der Waals surface area contributed by atoms with Crippen molar-refractivity contribution < 1.29 is 19.1 Å². The molecular formula is C30H22Cl2FN3O3. The molecule has 0 unspecified atom stereocenters. The number of rotatable bonds is 7. The van der Waals surface area contributed by atoms with E-state index in [0.29, 0.717) is 38.8 Å². The van der Waals surface area contributed by atoms with Crippen LogP contribution in [0, 0.1) is 12.7 Å². The van der Waals surface area contributed by atoms with Crippen LogP contribution in [0.25, 0.3) is 0 Å². The molecule has 39 heavy (non-hydrogen) atoms. The third-order valence-corrected chi connectivity index (χ3v) is 6.68. The van der Waals surface area contributed by atoms with Crippen molar-refractivity contribution in [3.63, 3.8) is 0 Å². The quantitative estimate of drug-likeness (QED) is 0.0804. The predicted octanol–water partition coefficient (Wildman–Crippen LogP) is 7.57. The fourth-order valence-electron chi connectivity index (χ4n) is 4.32. The van der Waals surface area contributed by atoms with Crippen LogP contribution in [0.3, 0.4) is 0 Å². The van der Waals surface area contributed by atoms with Crippen LogP contribution in [0.1, 0.15) is 31.8 Å². The van der Waals surface area contributed by atoms with Crippen molar-refractivity contribution in [2.24, 2.45) is 0 Å². The number of nitrogens with one attached hydrogen (secondary N) is 3. The van der Waals surface area contributed by atoms with Gasteiger partial charge >= 0.3 is 0 Å². The molecule has 4 N–H and O–H groups in total. The van der Waals surface area contributed by atoms with Gasteiger partial charge in [-0.05, 0) is 61.0 Å². The number of fused-ring (bicyclic) bond motifs is 1. The maximum absolute atomic E-state index is 14.2. The highest BCUT2D eigenvalue weighted by Crippen LogP contribution is 2.36. The largest absolute Gasteiger partial charge is 0.506 e. The number of halogens is 3. The molecule has 0 bridgehead atoms. The minimum atomic E-state index is -0.610. The Labute approximate surface area is 234 Å². The summed E-state index contributed by atoms with van der Waals surface area (Å²) >= 11 is 12.1. The van der Waals surface area contributed by atoms with E-state index in [-0.39, 0.29) is 34.3 Å². The lowest BCUT2D eigenvalue weighted by molar-refractivity contribution is 0.0961. The van der Waals surface area contributed by atoms with Crippen molar-refractivity contribution in [1.29, 1.82) is 0 Å². The molecule has 1 aliphatic rings. The maximum atomic E-state index is 14.2. The molecule has 0 amide bonds. The lowest BCUT2D eigenvalue weighted by atomic mass is 9.94. The van der Waals surface area contributed by atoms with Crippen molar-refractivity contribution in [3.05, 3.63) is 128 Å². The normalized spacial score (nSPS) is 13.2. The Hall–Kier alpha value is -4.33. The molecule has 9 heteroatoms. The van der Waals surface area contributed by atoms with E-state index in [0.717, 1.165) is 6.07 Å². The average Bonchev–Trinajstić information content (AvgIpc) is 3.32. The lowest BCUT2D eigenvalue weighted by Gasteiger charge is -2.12. The van der Waals surface area contributed by atoms with Crippen molar-refractivity contribution in [2.75, 3.05) is 16.0 Å². The zero-order valence-electron chi connectivity index (χ0n) is 20.6. The highest BCUT2D eigenvalue weighted by Gasteiger charge is 2.29. The van der Waals surface area contributed by atoms with E-state index in [1.807, 2.05) is 0 Å². The second-order valence-electron chi connectivity index (χ2n) is 9.05. The Bertz CT molecular complexity index is 1640. The molecule has 0 aromatic heterocycles. The van der Waals surface area contributed by atoms with Crippen LogP contribution in [0.5, 0.6) is 5.75 Å². The summed E-state index contributed by atoms with van der Waals surface area (Å²) in [6, 6.07) is 20.9. The highest BCUT2D eigenvalue weighted by molar-refractivity contribution is 6.35. The van der Waals surface area contributed by atoms with Crippen LogP contribution in [0.2, 0.25) is 10.0 Å². The SMILES string of the molecule is Cc1cc(F)cc(C(=O)C(C(=O)c2ccccc2)=C2Nc3ccc(NCc4cc(Cl)cc(Cl)c4O)cc3N2)c1. The fraction of sp³-hybridized carbons (Fsp3) is 0.0667. The highest BCUT2D eigenvalue weighted by atomic mass is 35.5. The second kappa shape index (κ2) is 10.8. The number of carbonyl (C=O) groups excluding carboxylic acids is 2. The van der Waals surface area contributed by atoms with E-state index in [1.54, 1.807) is 67.6 Å². The van der Waals surface area contributed by atoms with Gasteiger partial charge in [-0.25, -0.2) is 4.39 Å². The van der Waals surface area contributed by atoms with E-state index in [9.17, 15) is 19.1 Å². The second-order valence-corrected chi connectivity index (χ2v) is 9.89. The summed E-state index contributed by atoms with van der Waals surface area (Å²) in [7, 11) is 0. The molecule has 0 radical (unpaired) electrons. The van der Waals surface area contributed by atoms with Crippen LogP contribution in [-0.4, -0.2) is 16.7 Å². The fourth-order valence-corrected chi connectivity index (χ4v) is 4.85. The molecule has 0 saturated heterocycles. The van der Waals surface area contributed by atoms with Gasteiger partial charge in [-0.1, -0.05) is 53.5 Å². The third-order valence-electron chi connectivity index (χ3n) is 6.17. The number of aryl methyl sites for hydroxylation is 1. The molecule has 0 spiro atoms. The summed E-state index contributed by atoms with van der Waals surface area (Å²) in [5.41, 5.74) is 3.29. The number of benzene rings is 4. The van der Waals surface area contributed by atoms with Crippen LogP contribution in [0.15, 0.2) is 90.3 Å². The number of ketones is 2. The zero-order chi connectivity index (χ0) is 27.7. The first-order chi connectivity index (χ1) is 18.7. The first-order valence-electron chi connectivity index (χ1n) is 11.9. The van der Waals surface area contributed by atoms with E-state index in [1.165, 1.54) is 12.1 Å². The smallest absolute Gasteiger partial charge is 0.200 e. The Morgan fingerprint density at radius 1 is 0.872 bits per heavy atom. The number of phenols is 1. The molecular weight excluding hydrogens is 540 g/mol. The van der Waals surface area contributed by atoms with Gasteiger partial charge in [0.2, 0.25) is 11.6 Å². The average molecular weight is 562 g/mol. The predicted molar refractivity (Wildman–Crippen MR) is 152 cm³/mol. The monoisotopic (exact) mass is 561 g/mol. The molecule has 0 aliphatic carbocycles. The molecule has 4 aromatic rings. The van der Waals surface area contributed by atoms with E-state index < -0.39 is 17.4 Å². The zero-order valence-corrected chi connectivity index (χ0v) is 22.1. The van der Waals surface area contributed by atoms with Crippen LogP contribution in [0.4, 0.5) is 21.5 Å². The van der Waals surface area contributed by atoms with Crippen molar-refractivity contribution in [1.82, 2.24) is 0 Å². The molecule has 4 aromatic carbocycles. The Morgan fingerprint density at radius 2 is 1.59 bits per heavy atom. The number of hydrogen-bond acceptors (Lipinski definition) is 6. The number of carbonyl (C=O) groups is 2. The Morgan fingerprint density at radius 3 is 2.33 bits per heavy atom. The summed E-state index contributed by atoms with van der Waals surface area (Å²) in [6.07, 6.45) is 0. The van der Waals surface area contributed by atoms with Crippen LogP contribution in [-0.2, 0) is 6.54 Å². The number of phenolic OH excluding ortho intramolecular Hbond substituents is 1. The lowest BCUT2D eigenvalue weighted by Crippen LogP contribution is -2.21. The van der Waals surface area contributed by atoms with Crippen molar-refractivity contribution >= 4 is 51.8 Å².